The van der Waals surface area contributed by atoms with E-state index in [4.69, 9.17) is 5.53 Å². The summed E-state index contributed by atoms with van der Waals surface area (Å²) in [5.41, 5.74) is 9.81. The molecular formula is C14H19N3O3. The highest BCUT2D eigenvalue weighted by Crippen LogP contribution is 2.37. The smallest absolute Gasteiger partial charge is 0.336 e. The van der Waals surface area contributed by atoms with Crippen LogP contribution in [0, 0.1) is 20.8 Å². The van der Waals surface area contributed by atoms with Gasteiger partial charge in [-0.3, -0.25) is 0 Å². The van der Waals surface area contributed by atoms with Crippen molar-refractivity contribution in [1.82, 2.24) is 0 Å². The van der Waals surface area contributed by atoms with E-state index < -0.39 is 17.6 Å². The maximum Gasteiger partial charge on any atom is 0.336 e. The zero-order valence-electron chi connectivity index (χ0n) is 12.1. The molecule has 0 amide bonds. The van der Waals surface area contributed by atoms with E-state index in [0.29, 0.717) is 5.56 Å². The largest absolute Gasteiger partial charge is 0.479 e. The topological polar surface area (TPSA) is 106 Å². The number of rotatable bonds is 5. The van der Waals surface area contributed by atoms with Crippen molar-refractivity contribution < 1.29 is 15.0 Å². The molecule has 0 aliphatic carbocycles. The molecule has 0 aromatic heterocycles. The predicted octanol–water partition coefficient (Wildman–Crippen LogP) is 3.19. The minimum atomic E-state index is -2.11. The van der Waals surface area contributed by atoms with E-state index in [0.717, 1.165) is 16.7 Å². The molecule has 0 aliphatic rings. The summed E-state index contributed by atoms with van der Waals surface area (Å²) in [6, 6.07) is 2.59. The molecule has 108 valence electrons. The Bertz CT molecular complexity index is 556. The summed E-state index contributed by atoms with van der Waals surface area (Å²) < 4.78 is 0. The zero-order valence-corrected chi connectivity index (χ0v) is 12.1. The van der Waals surface area contributed by atoms with Crippen molar-refractivity contribution in [2.45, 2.75) is 45.8 Å². The van der Waals surface area contributed by atoms with Crippen LogP contribution < -0.4 is 0 Å². The van der Waals surface area contributed by atoms with Gasteiger partial charge in [-0.15, -0.1) is 0 Å². The number of carboxylic acids is 1. The number of nitrogens with zero attached hydrogens (tertiary/aromatic N) is 3. The number of hydrogen-bond acceptors (Lipinski definition) is 3. The number of benzene rings is 1. The second kappa shape index (κ2) is 5.94. The Balaban J connectivity index is 3.58. The lowest BCUT2D eigenvalue weighted by Gasteiger charge is -2.30. The minimum absolute atomic E-state index is 0.0568. The first-order valence-electron chi connectivity index (χ1n) is 6.35. The van der Waals surface area contributed by atoms with E-state index in [1.165, 1.54) is 0 Å². The molecule has 0 saturated carbocycles. The second-order valence-corrected chi connectivity index (χ2v) is 5.00. The van der Waals surface area contributed by atoms with Crippen molar-refractivity contribution in [2.75, 3.05) is 0 Å². The van der Waals surface area contributed by atoms with Crippen LogP contribution in [0.3, 0.4) is 0 Å². The Kier molecular flexibility index (Phi) is 4.76. The molecule has 0 fully saturated rings. The van der Waals surface area contributed by atoms with Gasteiger partial charge in [0, 0.05) is 4.91 Å². The van der Waals surface area contributed by atoms with Gasteiger partial charge in [0.15, 0.2) is 5.60 Å². The van der Waals surface area contributed by atoms with Crippen LogP contribution in [0.4, 0.5) is 0 Å². The molecule has 0 saturated heterocycles. The van der Waals surface area contributed by atoms with Gasteiger partial charge < -0.3 is 10.2 Å². The van der Waals surface area contributed by atoms with Crippen LogP contribution in [0.1, 0.15) is 41.6 Å². The SMILES string of the molecule is CC[C@@](O)(C(=O)O)[C@@H](N=[N+]=[N-])c1c(C)cc(C)cc1C. The molecule has 0 bridgehead atoms. The molecule has 1 aromatic rings. The fraction of sp³-hybridized carbons (Fsp3) is 0.500. The van der Waals surface area contributed by atoms with Crippen LogP contribution >= 0.6 is 0 Å². The van der Waals surface area contributed by atoms with Crippen molar-refractivity contribution in [1.29, 1.82) is 0 Å². The summed E-state index contributed by atoms with van der Waals surface area (Å²) in [7, 11) is 0. The van der Waals surface area contributed by atoms with Gasteiger partial charge in [0.1, 0.15) is 6.04 Å². The lowest BCUT2D eigenvalue weighted by molar-refractivity contribution is -0.161. The first-order chi connectivity index (χ1) is 9.27. The molecule has 0 spiro atoms. The number of carboxylic acid groups (broad SMARTS) is 1. The summed E-state index contributed by atoms with van der Waals surface area (Å²) in [6.07, 6.45) is -0.0568. The van der Waals surface area contributed by atoms with E-state index in [-0.39, 0.29) is 6.42 Å². The Labute approximate surface area is 117 Å². The first-order valence-corrected chi connectivity index (χ1v) is 6.35. The quantitative estimate of drug-likeness (QED) is 0.490. The highest BCUT2D eigenvalue weighted by Gasteiger charge is 2.44. The van der Waals surface area contributed by atoms with Gasteiger partial charge in [-0.1, -0.05) is 29.7 Å². The first kappa shape index (κ1) is 16.0. The van der Waals surface area contributed by atoms with Crippen LogP contribution in [0.25, 0.3) is 10.4 Å². The van der Waals surface area contributed by atoms with Crippen LogP contribution in [-0.4, -0.2) is 21.8 Å². The van der Waals surface area contributed by atoms with E-state index in [1.54, 1.807) is 6.92 Å². The highest BCUT2D eigenvalue weighted by molar-refractivity contribution is 5.79. The van der Waals surface area contributed by atoms with Crippen LogP contribution in [-0.2, 0) is 4.79 Å². The number of hydrogen-bond donors (Lipinski definition) is 2. The standard InChI is InChI=1S/C14H19N3O3/c1-5-14(20,13(18)19)12(16-17-15)11-9(3)6-8(2)7-10(11)4/h6-7,12,20H,5H2,1-4H3,(H,18,19)/t12-,14-/m0/s1. The molecule has 1 aromatic carbocycles. The zero-order chi connectivity index (χ0) is 15.5. The van der Waals surface area contributed by atoms with Gasteiger partial charge in [0.25, 0.3) is 0 Å². The van der Waals surface area contributed by atoms with Crippen molar-refractivity contribution in [3.63, 3.8) is 0 Å². The fourth-order valence-electron chi connectivity index (χ4n) is 2.53. The number of aryl methyl sites for hydroxylation is 3. The molecule has 20 heavy (non-hydrogen) atoms. The lowest BCUT2D eigenvalue weighted by atomic mass is 9.82. The average molecular weight is 277 g/mol. The number of aliphatic hydroxyl groups is 1. The van der Waals surface area contributed by atoms with Gasteiger partial charge >= 0.3 is 5.97 Å². The van der Waals surface area contributed by atoms with Gasteiger partial charge in [0.2, 0.25) is 0 Å². The number of aliphatic carboxylic acids is 1. The van der Waals surface area contributed by atoms with Crippen LogP contribution in [0.5, 0.6) is 0 Å². The Morgan fingerprint density at radius 1 is 1.40 bits per heavy atom. The highest BCUT2D eigenvalue weighted by atomic mass is 16.4. The molecular weight excluding hydrogens is 258 g/mol. The monoisotopic (exact) mass is 277 g/mol. The van der Waals surface area contributed by atoms with Crippen molar-refractivity contribution >= 4 is 5.97 Å². The number of azide groups is 1. The van der Waals surface area contributed by atoms with Gasteiger partial charge in [-0.2, -0.15) is 0 Å². The second-order valence-electron chi connectivity index (χ2n) is 5.00. The summed E-state index contributed by atoms with van der Waals surface area (Å²) in [5, 5.41) is 23.2. The maximum absolute atomic E-state index is 11.4. The lowest BCUT2D eigenvalue weighted by Crippen LogP contribution is -2.43. The molecule has 0 unspecified atom stereocenters. The van der Waals surface area contributed by atoms with Crippen molar-refractivity contribution in [3.05, 3.63) is 44.8 Å². The molecule has 0 radical (unpaired) electrons. The Morgan fingerprint density at radius 3 is 2.25 bits per heavy atom. The number of carbonyl (C=O) groups is 1. The molecule has 6 nitrogen and oxygen atoms in total. The third kappa shape index (κ3) is 2.76. The maximum atomic E-state index is 11.4. The van der Waals surface area contributed by atoms with Crippen LogP contribution in [0.15, 0.2) is 17.2 Å². The van der Waals surface area contributed by atoms with E-state index in [2.05, 4.69) is 10.0 Å². The molecule has 2 atom stereocenters. The van der Waals surface area contributed by atoms with Crippen molar-refractivity contribution in [2.24, 2.45) is 5.11 Å². The van der Waals surface area contributed by atoms with Gasteiger partial charge in [-0.25, -0.2) is 4.79 Å². The normalized spacial score (nSPS) is 15.1. The van der Waals surface area contributed by atoms with E-state index in [1.807, 2.05) is 32.9 Å². The average Bonchev–Trinajstić information content (AvgIpc) is 2.35. The van der Waals surface area contributed by atoms with Crippen LogP contribution in [0.2, 0.25) is 0 Å². The predicted molar refractivity (Wildman–Crippen MR) is 75.4 cm³/mol. The summed E-state index contributed by atoms with van der Waals surface area (Å²) in [5.74, 6) is -1.39. The third-order valence-corrected chi connectivity index (χ3v) is 3.54. The Morgan fingerprint density at radius 2 is 1.90 bits per heavy atom. The molecule has 0 aliphatic heterocycles. The van der Waals surface area contributed by atoms with E-state index >= 15 is 0 Å². The molecule has 1 rings (SSSR count). The minimum Gasteiger partial charge on any atom is -0.479 e. The van der Waals surface area contributed by atoms with Gasteiger partial charge in [-0.05, 0) is 49.4 Å². The molecule has 2 N–H and O–H groups in total. The third-order valence-electron chi connectivity index (χ3n) is 3.54. The summed E-state index contributed by atoms with van der Waals surface area (Å²) in [6.45, 7) is 7.10. The van der Waals surface area contributed by atoms with E-state index in [9.17, 15) is 15.0 Å². The Hall–Kier alpha value is -2.04. The summed E-state index contributed by atoms with van der Waals surface area (Å²) in [4.78, 5) is 14.1. The molecule has 6 heteroatoms. The molecule has 0 heterocycles. The van der Waals surface area contributed by atoms with Crippen molar-refractivity contribution in [3.8, 4) is 0 Å². The summed E-state index contributed by atoms with van der Waals surface area (Å²) >= 11 is 0. The van der Waals surface area contributed by atoms with Gasteiger partial charge in [0.05, 0.1) is 0 Å². The fourth-order valence-corrected chi connectivity index (χ4v) is 2.53.